The largest absolute Gasteiger partial charge is 0.402 e. The summed E-state index contributed by atoms with van der Waals surface area (Å²) in [5, 5.41) is 7.72. The zero-order valence-electron chi connectivity index (χ0n) is 22.8. The maximum Gasteiger partial charge on any atom is 0.253 e. The maximum atomic E-state index is 12.0. The third-order valence-corrected chi connectivity index (χ3v) is 6.89. The zero-order chi connectivity index (χ0) is 27.2. The van der Waals surface area contributed by atoms with Crippen molar-refractivity contribution >= 4 is 35.7 Å². The quantitative estimate of drug-likeness (QED) is 0.264. The predicted molar refractivity (Wildman–Crippen MR) is 156 cm³/mol. The van der Waals surface area contributed by atoms with Crippen LogP contribution in [0.2, 0.25) is 6.82 Å². The number of rotatable bonds is 12. The van der Waals surface area contributed by atoms with Crippen LogP contribution < -0.4 is 16.4 Å². The van der Waals surface area contributed by atoms with Gasteiger partial charge in [0.05, 0.1) is 17.8 Å². The number of nitrogens with two attached hydrogens (primary N) is 1. The first-order chi connectivity index (χ1) is 17.7. The molecule has 0 aliphatic carbocycles. The monoisotopic (exact) mass is 522 g/mol. The highest BCUT2D eigenvalue weighted by Crippen LogP contribution is 2.25. The van der Waals surface area contributed by atoms with Crippen molar-refractivity contribution in [2.24, 2.45) is 11.7 Å². The van der Waals surface area contributed by atoms with Gasteiger partial charge in [-0.1, -0.05) is 64.2 Å². The number of benzene rings is 1. The second-order valence-corrected chi connectivity index (χ2v) is 10.2. The Morgan fingerprint density at radius 1 is 1.19 bits per heavy atom. The summed E-state index contributed by atoms with van der Waals surface area (Å²) in [6.45, 7) is 10.5. The molecule has 37 heavy (non-hydrogen) atoms. The fraction of sp³-hybridized carbons (Fsp3) is 0.464. The van der Waals surface area contributed by atoms with Crippen molar-refractivity contribution in [3.05, 3.63) is 59.2 Å². The summed E-state index contributed by atoms with van der Waals surface area (Å²) in [5.41, 5.74) is 9.37. The number of thiazole rings is 1. The molecule has 0 saturated heterocycles. The summed E-state index contributed by atoms with van der Waals surface area (Å²) in [5.74, 6) is 0.253. The molecule has 0 fully saturated rings. The molecule has 2 aromatic heterocycles. The molecule has 0 bridgehead atoms. The predicted octanol–water partition coefficient (Wildman–Crippen LogP) is 5.74. The number of aryl methyl sites for hydroxylation is 1. The number of anilines is 1. The van der Waals surface area contributed by atoms with Gasteiger partial charge >= 0.3 is 0 Å². The molecule has 0 saturated carbocycles. The fourth-order valence-electron chi connectivity index (χ4n) is 3.62. The molecule has 2 unspecified atom stereocenters. The summed E-state index contributed by atoms with van der Waals surface area (Å²) >= 11 is 1.35. The van der Waals surface area contributed by atoms with Crippen molar-refractivity contribution in [2.45, 2.75) is 72.7 Å². The van der Waals surface area contributed by atoms with Crippen LogP contribution >= 0.6 is 11.3 Å². The van der Waals surface area contributed by atoms with Gasteiger partial charge in [-0.25, -0.2) is 4.98 Å². The first-order valence-electron chi connectivity index (χ1n) is 13.1. The van der Waals surface area contributed by atoms with E-state index in [1.54, 1.807) is 22.9 Å². The number of nitrogens with zero attached hydrogens (tertiary/aromatic N) is 2. The normalized spacial score (nSPS) is 12.2. The van der Waals surface area contributed by atoms with E-state index >= 15 is 0 Å². The van der Waals surface area contributed by atoms with Crippen LogP contribution in [0.15, 0.2) is 48.1 Å². The lowest BCUT2D eigenvalue weighted by molar-refractivity contribution is -0.115. The van der Waals surface area contributed by atoms with Crippen molar-refractivity contribution in [3.63, 3.8) is 0 Å². The highest BCUT2D eigenvalue weighted by molar-refractivity contribution is 7.14. The van der Waals surface area contributed by atoms with Crippen LogP contribution in [0.25, 0.3) is 11.3 Å². The van der Waals surface area contributed by atoms with Gasteiger partial charge in [-0.05, 0) is 50.4 Å². The summed E-state index contributed by atoms with van der Waals surface area (Å²) in [4.78, 5) is 28.5. The van der Waals surface area contributed by atoms with E-state index in [0.717, 1.165) is 22.7 Å². The van der Waals surface area contributed by atoms with E-state index in [9.17, 15) is 9.59 Å². The van der Waals surface area contributed by atoms with Crippen molar-refractivity contribution in [3.8, 4) is 11.3 Å². The Balaban J connectivity index is 0.000000371. The summed E-state index contributed by atoms with van der Waals surface area (Å²) in [6, 6.07) is 10.2. The molecular weight excluding hydrogens is 481 g/mol. The number of carbonyl (C=O) groups is 2. The van der Waals surface area contributed by atoms with Crippen molar-refractivity contribution in [1.29, 1.82) is 0 Å². The third kappa shape index (κ3) is 10.9. The van der Waals surface area contributed by atoms with Crippen LogP contribution in [-0.2, 0) is 4.79 Å². The molecule has 7 nitrogen and oxygen atoms in total. The summed E-state index contributed by atoms with van der Waals surface area (Å²) in [6.07, 6.45) is 9.69. The van der Waals surface area contributed by atoms with Crippen LogP contribution in [0, 0.1) is 12.8 Å². The van der Waals surface area contributed by atoms with E-state index in [4.69, 9.17) is 5.73 Å². The Morgan fingerprint density at radius 2 is 1.97 bits per heavy atom. The molecule has 2 heterocycles. The van der Waals surface area contributed by atoms with Gasteiger partial charge in [0.2, 0.25) is 13.3 Å². The zero-order valence-corrected chi connectivity index (χ0v) is 23.6. The maximum absolute atomic E-state index is 12.0. The molecule has 9 heteroatoms. The molecule has 1 radical (unpaired) electrons. The minimum atomic E-state index is -0.315. The third-order valence-electron chi connectivity index (χ3n) is 6.14. The molecule has 0 spiro atoms. The minimum Gasteiger partial charge on any atom is -0.402 e. The molecule has 0 aliphatic heterocycles. The number of hydrogen-bond acceptors (Lipinski definition) is 5. The molecule has 2 amide bonds. The average Bonchev–Trinajstić information content (AvgIpc) is 3.56. The van der Waals surface area contributed by atoms with E-state index < -0.39 is 0 Å². The van der Waals surface area contributed by atoms with Gasteiger partial charge in [0.25, 0.3) is 5.91 Å². The van der Waals surface area contributed by atoms with Crippen LogP contribution in [0.5, 0.6) is 0 Å². The van der Waals surface area contributed by atoms with Gasteiger partial charge < -0.3 is 20.8 Å². The van der Waals surface area contributed by atoms with Crippen LogP contribution in [0.3, 0.4) is 0 Å². The molecule has 0 aliphatic rings. The van der Waals surface area contributed by atoms with Crippen LogP contribution in [0.4, 0.5) is 5.13 Å². The van der Waals surface area contributed by atoms with Gasteiger partial charge in [-0.15, -0.1) is 11.3 Å². The van der Waals surface area contributed by atoms with Crippen LogP contribution in [0.1, 0.15) is 68.8 Å². The average molecular weight is 523 g/mol. The second-order valence-electron chi connectivity index (χ2n) is 9.38. The number of amides is 2. The Morgan fingerprint density at radius 3 is 2.62 bits per heavy atom. The molecule has 3 aromatic rings. The van der Waals surface area contributed by atoms with Crippen molar-refractivity contribution < 1.29 is 9.59 Å². The Hall–Kier alpha value is -2.91. The smallest absolute Gasteiger partial charge is 0.253 e. The van der Waals surface area contributed by atoms with E-state index in [0.29, 0.717) is 16.7 Å². The SMILES string of the molecule is CCCC(N)CCC(C)CC.C[B]n1ccc(C(=O)NCC(=O)Nc2nc(-c3cccc(C)c3)cs2)c1. The lowest BCUT2D eigenvalue weighted by Crippen LogP contribution is -2.32. The van der Waals surface area contributed by atoms with Gasteiger partial charge in [0, 0.05) is 23.2 Å². The molecule has 4 N–H and O–H groups in total. The number of carbonyl (C=O) groups excluding carboxylic acids is 2. The Kier molecular flexibility index (Phi) is 13.1. The van der Waals surface area contributed by atoms with Gasteiger partial charge in [0.15, 0.2) is 5.13 Å². The van der Waals surface area contributed by atoms with Gasteiger partial charge in [0.1, 0.15) is 0 Å². The Labute approximate surface area is 226 Å². The standard InChI is InChI=1S/C18H18BN4O2S.C10H23N/c1-12-4-3-5-13(8-12)15-11-26-18(21-15)22-16(24)9-20-17(25)14-6-7-23(10-14)19-2;1-4-6-10(11)8-7-9(3)5-2/h3-8,10-11H,9H2,1-2H3,(H,20,25)(H,21,22,24);9-10H,4-8,11H2,1-3H3. The Bertz CT molecular complexity index is 1110. The highest BCUT2D eigenvalue weighted by Gasteiger charge is 2.12. The van der Waals surface area contributed by atoms with E-state index in [2.05, 4.69) is 36.4 Å². The number of hydrogen-bond donors (Lipinski definition) is 3. The number of aromatic nitrogens is 2. The molecule has 3 rings (SSSR count). The van der Waals surface area contributed by atoms with Crippen molar-refractivity contribution in [1.82, 2.24) is 14.8 Å². The van der Waals surface area contributed by atoms with E-state index in [1.807, 2.05) is 50.8 Å². The second kappa shape index (κ2) is 16.0. The molecule has 1 aromatic carbocycles. The van der Waals surface area contributed by atoms with Gasteiger partial charge in [-0.3, -0.25) is 9.59 Å². The topological polar surface area (TPSA) is 102 Å². The van der Waals surface area contributed by atoms with Crippen molar-refractivity contribution in [2.75, 3.05) is 11.9 Å². The van der Waals surface area contributed by atoms with Gasteiger partial charge in [-0.2, -0.15) is 0 Å². The summed E-state index contributed by atoms with van der Waals surface area (Å²) in [7, 11) is 1.83. The molecule has 2 atom stereocenters. The minimum absolute atomic E-state index is 0.112. The summed E-state index contributed by atoms with van der Waals surface area (Å²) < 4.78 is 1.78. The molecule has 199 valence electrons. The highest BCUT2D eigenvalue weighted by atomic mass is 32.1. The number of nitrogens with one attached hydrogen (secondary N) is 2. The lowest BCUT2D eigenvalue weighted by atomic mass is 9.98. The van der Waals surface area contributed by atoms with E-state index in [-0.39, 0.29) is 18.4 Å². The fourth-order valence-corrected chi connectivity index (χ4v) is 4.36. The molecular formula is C28H41BN5O2S. The van der Waals surface area contributed by atoms with E-state index in [1.165, 1.54) is 43.4 Å². The first-order valence-corrected chi connectivity index (χ1v) is 14.0. The lowest BCUT2D eigenvalue weighted by Gasteiger charge is -2.12. The van der Waals surface area contributed by atoms with Crippen LogP contribution in [-0.4, -0.2) is 41.3 Å². The first kappa shape index (κ1) is 30.3.